The van der Waals surface area contributed by atoms with Gasteiger partial charge in [-0.3, -0.25) is 14.8 Å². The maximum atomic E-state index is 14.4. The van der Waals surface area contributed by atoms with Crippen LogP contribution in [0.4, 0.5) is 5.69 Å². The number of hydrogen-bond acceptors (Lipinski definition) is 9. The van der Waals surface area contributed by atoms with Crippen molar-refractivity contribution in [2.75, 3.05) is 70.1 Å². The molecule has 0 saturated carbocycles. The Labute approximate surface area is 303 Å². The second-order valence-electron chi connectivity index (χ2n) is 15.9. The Morgan fingerprint density at radius 3 is 1.92 bits per heavy atom. The molecule has 3 saturated heterocycles. The van der Waals surface area contributed by atoms with E-state index in [2.05, 4.69) is 52.3 Å². The van der Waals surface area contributed by atoms with Gasteiger partial charge in [0.15, 0.2) is 4.90 Å². The molecule has 11 heteroatoms. The number of likely N-dealkylation sites (tertiary alicyclic amines) is 1. The van der Waals surface area contributed by atoms with E-state index in [1.54, 1.807) is 30.5 Å². The van der Waals surface area contributed by atoms with Gasteiger partial charge in [0.2, 0.25) is 9.84 Å². The first kappa shape index (κ1) is 37.4. The summed E-state index contributed by atoms with van der Waals surface area (Å²) in [5.41, 5.74) is 0.798. The molecular formula is C39H57N5O4S2. The van der Waals surface area contributed by atoms with Crippen molar-refractivity contribution < 1.29 is 17.7 Å². The summed E-state index contributed by atoms with van der Waals surface area (Å²) >= 11 is -1.22. The summed E-state index contributed by atoms with van der Waals surface area (Å²) in [6.45, 7) is 22.2. The molecule has 50 heavy (non-hydrogen) atoms. The third kappa shape index (κ3) is 7.83. The van der Waals surface area contributed by atoms with E-state index < -0.39 is 26.6 Å². The highest BCUT2D eigenvalue weighted by molar-refractivity contribution is 7.91. The Hall–Kier alpha value is -2.41. The molecule has 9 nitrogen and oxygen atoms in total. The molecule has 3 aromatic rings. The van der Waals surface area contributed by atoms with E-state index in [0.717, 1.165) is 64.0 Å². The third-order valence-corrected chi connectivity index (χ3v) is 14.6. The molecule has 3 aliphatic rings. The highest BCUT2D eigenvalue weighted by Gasteiger charge is 2.36. The van der Waals surface area contributed by atoms with Crippen molar-refractivity contribution >= 4 is 37.6 Å². The fraction of sp³-hybridized carbons (Fsp3) is 0.615. The molecule has 0 bridgehead atoms. The fourth-order valence-corrected chi connectivity index (χ4v) is 9.60. The van der Waals surface area contributed by atoms with Gasteiger partial charge in [0.25, 0.3) is 0 Å². The van der Waals surface area contributed by atoms with Crippen molar-refractivity contribution in [3.05, 3.63) is 48.7 Å². The van der Waals surface area contributed by atoms with Crippen LogP contribution in [0.25, 0.3) is 10.9 Å². The van der Waals surface area contributed by atoms with Crippen LogP contribution in [0, 0.1) is 5.41 Å². The normalized spacial score (nSPS) is 20.8. The number of piperazine rings is 1. The predicted molar refractivity (Wildman–Crippen MR) is 204 cm³/mol. The molecule has 1 aromatic heterocycles. The van der Waals surface area contributed by atoms with Gasteiger partial charge in [0, 0.05) is 74.4 Å². The van der Waals surface area contributed by atoms with Crippen molar-refractivity contribution in [3.63, 3.8) is 0 Å². The number of nitrogens with zero attached hydrogens (tertiary/aromatic N) is 5. The fourth-order valence-electron chi connectivity index (χ4n) is 7.63. The Bertz CT molecular complexity index is 1720. The van der Waals surface area contributed by atoms with E-state index in [9.17, 15) is 13.0 Å². The molecule has 3 aliphatic heterocycles. The van der Waals surface area contributed by atoms with Crippen LogP contribution < -0.4 is 9.64 Å². The minimum absolute atomic E-state index is 0.113. The van der Waals surface area contributed by atoms with Gasteiger partial charge in [0.1, 0.15) is 22.5 Å². The average Bonchev–Trinajstić information content (AvgIpc) is 3.10. The van der Waals surface area contributed by atoms with Crippen LogP contribution in [0.15, 0.2) is 63.3 Å². The Morgan fingerprint density at radius 2 is 1.40 bits per heavy atom. The molecule has 1 atom stereocenters. The summed E-state index contributed by atoms with van der Waals surface area (Å²) in [5.74, 6) is 0.626. The first-order valence-corrected chi connectivity index (χ1v) is 21.5. The largest absolute Gasteiger partial charge is 0.612 e. The zero-order valence-corrected chi connectivity index (χ0v) is 32.8. The number of anilines is 1. The Kier molecular flexibility index (Phi) is 11.1. The quantitative estimate of drug-likeness (QED) is 0.244. The lowest BCUT2D eigenvalue weighted by Gasteiger charge is -2.46. The van der Waals surface area contributed by atoms with Crippen molar-refractivity contribution in [2.45, 2.75) is 99.6 Å². The molecule has 0 N–H and O–H groups in total. The number of rotatable bonds is 9. The lowest BCUT2D eigenvalue weighted by Crippen LogP contribution is -2.56. The van der Waals surface area contributed by atoms with Crippen molar-refractivity contribution in [3.8, 4) is 5.75 Å². The van der Waals surface area contributed by atoms with Crippen molar-refractivity contribution in [2.24, 2.45) is 5.41 Å². The van der Waals surface area contributed by atoms with Gasteiger partial charge in [-0.15, -0.1) is 0 Å². The number of pyridine rings is 1. The first-order chi connectivity index (χ1) is 23.7. The second kappa shape index (κ2) is 14.9. The molecule has 274 valence electrons. The van der Waals surface area contributed by atoms with E-state index in [1.807, 2.05) is 32.0 Å². The Morgan fingerprint density at radius 1 is 0.840 bits per heavy atom. The zero-order chi connectivity index (χ0) is 35.8. The van der Waals surface area contributed by atoms with Gasteiger partial charge < -0.3 is 19.1 Å². The van der Waals surface area contributed by atoms with E-state index in [-0.39, 0.29) is 15.2 Å². The molecule has 0 radical (unpaired) electrons. The summed E-state index contributed by atoms with van der Waals surface area (Å²) in [6, 6.07) is 13.5. The minimum Gasteiger partial charge on any atom is -0.612 e. The van der Waals surface area contributed by atoms with E-state index in [1.165, 1.54) is 32.1 Å². The van der Waals surface area contributed by atoms with E-state index in [4.69, 9.17) is 4.74 Å². The summed E-state index contributed by atoms with van der Waals surface area (Å²) in [6.07, 6.45) is 7.65. The van der Waals surface area contributed by atoms with Gasteiger partial charge in [-0.05, 0) is 107 Å². The summed E-state index contributed by atoms with van der Waals surface area (Å²) < 4.78 is 47.8. The van der Waals surface area contributed by atoms with Crippen molar-refractivity contribution in [1.29, 1.82) is 0 Å². The highest BCUT2D eigenvalue weighted by atomic mass is 32.2. The third-order valence-electron chi connectivity index (χ3n) is 11.9. The van der Waals surface area contributed by atoms with Gasteiger partial charge >= 0.3 is 0 Å². The smallest absolute Gasteiger partial charge is 0.210 e. The second-order valence-corrected chi connectivity index (χ2v) is 19.2. The monoisotopic (exact) mass is 723 g/mol. The molecule has 0 amide bonds. The number of piperidine rings is 2. The molecule has 1 unspecified atom stereocenters. The maximum absolute atomic E-state index is 14.4. The first-order valence-electron chi connectivity index (χ1n) is 18.4. The van der Waals surface area contributed by atoms with Crippen LogP contribution in [0.1, 0.15) is 67.2 Å². The summed E-state index contributed by atoms with van der Waals surface area (Å²) in [7, 11) is -3.94. The zero-order valence-electron chi connectivity index (χ0n) is 31.2. The van der Waals surface area contributed by atoms with Crippen LogP contribution in [-0.4, -0.2) is 115 Å². The molecule has 2 aromatic carbocycles. The number of hydrogen-bond donors (Lipinski definition) is 0. The summed E-state index contributed by atoms with van der Waals surface area (Å²) in [5, 5.41) is 0.729. The minimum atomic E-state index is -3.94. The maximum Gasteiger partial charge on any atom is 0.210 e. The summed E-state index contributed by atoms with van der Waals surface area (Å²) in [4.78, 5) is 15.8. The topological polar surface area (TPSA) is 92.3 Å². The van der Waals surface area contributed by atoms with Crippen LogP contribution in [-0.2, 0) is 21.0 Å². The Balaban J connectivity index is 1.22. The van der Waals surface area contributed by atoms with Gasteiger partial charge in [-0.25, -0.2) is 8.42 Å². The lowest BCUT2D eigenvalue weighted by molar-refractivity contribution is 0.000771. The predicted octanol–water partition coefficient (Wildman–Crippen LogP) is 6.08. The molecule has 4 heterocycles. The molecule has 6 rings (SSSR count). The van der Waals surface area contributed by atoms with Gasteiger partial charge in [-0.1, -0.05) is 27.7 Å². The van der Waals surface area contributed by atoms with E-state index >= 15 is 0 Å². The van der Waals surface area contributed by atoms with Crippen LogP contribution >= 0.6 is 0 Å². The van der Waals surface area contributed by atoms with Gasteiger partial charge in [-0.2, -0.15) is 0 Å². The molecular weight excluding hydrogens is 667 g/mol. The van der Waals surface area contributed by atoms with Crippen LogP contribution in [0.5, 0.6) is 5.75 Å². The lowest BCUT2D eigenvalue weighted by atomic mass is 9.79. The molecule has 3 fully saturated rings. The molecule has 0 aliphatic carbocycles. The number of fused-ring (bicyclic) bond motifs is 1. The van der Waals surface area contributed by atoms with Crippen molar-refractivity contribution in [1.82, 2.24) is 19.7 Å². The van der Waals surface area contributed by atoms with Gasteiger partial charge in [0.05, 0.1) is 16.1 Å². The van der Waals surface area contributed by atoms with Crippen LogP contribution in [0.2, 0.25) is 0 Å². The SMILES string of the molecule is CCN1CCC(N2CCN(C3CCN(c4c(S(=O)(=O)c5ccc(OC(C)(C)C(C)(C)C)cc5)cnc5ccc([S+](C)[O-])cc45)CC3)CC2)CC1. The van der Waals surface area contributed by atoms with E-state index in [0.29, 0.717) is 33.9 Å². The number of aromatic nitrogens is 1. The highest BCUT2D eigenvalue weighted by Crippen LogP contribution is 2.40. The van der Waals surface area contributed by atoms with Crippen LogP contribution in [0.3, 0.4) is 0 Å². The molecule has 0 spiro atoms. The number of ether oxygens (including phenoxy) is 1. The number of sulfone groups is 1. The average molecular weight is 724 g/mol. The standard InChI is InChI=1S/C39H57N5O4S2/c1-8-41-19-15-29(16-20-41)42-23-25-43(26-24-42)30-17-21-44(22-18-30)37-34-27-32(49(7)45)11-14-35(34)40-28-36(37)50(46,47)33-12-9-31(10-13-33)48-39(5,6)38(2,3)4/h9-14,27-30H,8,15-26H2,1-7H3. The number of benzene rings is 2.